The number of rotatable bonds is 12. The molecule has 38 heavy (non-hydrogen) atoms. The number of hydrogen-bond acceptors (Lipinski definition) is 10. The second kappa shape index (κ2) is 12.4. The molecule has 0 saturated heterocycles. The largest absolute Gasteiger partial charge is 0.356 e. The van der Waals surface area contributed by atoms with Crippen LogP contribution in [0.1, 0.15) is 46.0 Å². The number of thiazole rings is 1. The van der Waals surface area contributed by atoms with Gasteiger partial charge in [0.25, 0.3) is 0 Å². The van der Waals surface area contributed by atoms with Crippen LogP contribution in [0.3, 0.4) is 0 Å². The van der Waals surface area contributed by atoms with Crippen molar-refractivity contribution in [3.8, 4) is 21.8 Å². The van der Waals surface area contributed by atoms with Crippen LogP contribution in [0.15, 0.2) is 30.5 Å². The second-order valence-corrected chi connectivity index (χ2v) is 12.7. The minimum absolute atomic E-state index is 0.109. The minimum Gasteiger partial charge on any atom is -0.356 e. The molecule has 2 atom stereocenters. The van der Waals surface area contributed by atoms with Gasteiger partial charge in [-0.25, -0.2) is 27.8 Å². The Balaban J connectivity index is 2.01. The summed E-state index contributed by atoms with van der Waals surface area (Å²) in [4.78, 5) is 14.3. The van der Waals surface area contributed by atoms with Gasteiger partial charge in [0.2, 0.25) is 22.4 Å². The first-order valence-electron chi connectivity index (χ1n) is 12.2. The van der Waals surface area contributed by atoms with Crippen LogP contribution in [0.2, 0.25) is 0 Å². The van der Waals surface area contributed by atoms with Crippen molar-refractivity contribution in [1.82, 2.24) is 20.3 Å². The molecule has 0 aliphatic carbocycles. The van der Waals surface area contributed by atoms with Crippen molar-refractivity contribution in [2.75, 3.05) is 29.4 Å². The van der Waals surface area contributed by atoms with Crippen LogP contribution in [0.4, 0.5) is 16.0 Å². The van der Waals surface area contributed by atoms with Crippen molar-refractivity contribution in [3.63, 3.8) is 0 Å². The van der Waals surface area contributed by atoms with Gasteiger partial charge in [0.05, 0.1) is 32.7 Å². The molecule has 0 aliphatic heterocycles. The molecule has 2 aromatic heterocycles. The number of aliphatic hydroxyl groups excluding tert-OH is 1. The first kappa shape index (κ1) is 29.8. The lowest BCUT2D eigenvalue weighted by Gasteiger charge is -2.18. The summed E-state index contributed by atoms with van der Waals surface area (Å²) < 4.78 is 47.5. The van der Waals surface area contributed by atoms with Gasteiger partial charge in [-0.1, -0.05) is 33.8 Å². The predicted octanol–water partition coefficient (Wildman–Crippen LogP) is 4.17. The van der Waals surface area contributed by atoms with E-state index in [2.05, 4.69) is 25.3 Å². The lowest BCUT2D eigenvalue weighted by atomic mass is 9.98. The van der Waals surface area contributed by atoms with E-state index in [-0.39, 0.29) is 28.5 Å². The maximum Gasteiger partial charge on any atom is 0.232 e. The molecule has 3 aromatic rings. The number of anilines is 2. The van der Waals surface area contributed by atoms with Crippen molar-refractivity contribution >= 4 is 33.0 Å². The number of nitrogens with one attached hydrogen (secondary N) is 3. The summed E-state index contributed by atoms with van der Waals surface area (Å²) in [6, 6.07) is 6.13. The highest BCUT2D eigenvalue weighted by Crippen LogP contribution is 2.41. The SMILES string of the molecule is CCCS(=O)(=O)Nc1cccc(-c2nc(C(C)(C)C)sc2-c2ccnc(NCC(C)NC(O)OC)n2)c1F. The third-order valence-electron chi connectivity index (χ3n) is 5.37. The van der Waals surface area contributed by atoms with Gasteiger partial charge < -0.3 is 15.2 Å². The van der Waals surface area contributed by atoms with Crippen LogP contribution in [-0.4, -0.2) is 60.3 Å². The number of methoxy groups -OCH3 is 1. The van der Waals surface area contributed by atoms with E-state index in [1.165, 1.54) is 24.5 Å². The molecule has 0 aliphatic rings. The van der Waals surface area contributed by atoms with Crippen molar-refractivity contribution in [2.45, 2.75) is 58.9 Å². The summed E-state index contributed by atoms with van der Waals surface area (Å²) >= 11 is 1.40. The molecule has 0 bridgehead atoms. The number of halogens is 1. The van der Waals surface area contributed by atoms with E-state index < -0.39 is 22.3 Å². The zero-order chi connectivity index (χ0) is 28.1. The van der Waals surface area contributed by atoms with Crippen LogP contribution in [-0.2, 0) is 20.2 Å². The zero-order valence-electron chi connectivity index (χ0n) is 22.4. The Hall–Kier alpha value is -2.71. The topological polar surface area (TPSA) is 138 Å². The molecular formula is C25H35FN6O4S2. The molecule has 3 rings (SSSR count). The van der Waals surface area contributed by atoms with E-state index in [0.29, 0.717) is 35.2 Å². The maximum absolute atomic E-state index is 15.7. The molecule has 0 amide bonds. The Kier molecular flexibility index (Phi) is 9.76. The molecule has 0 spiro atoms. The molecule has 0 fully saturated rings. The van der Waals surface area contributed by atoms with Gasteiger partial charge in [0.15, 0.2) is 5.82 Å². The number of aromatic nitrogens is 3. The molecule has 4 N–H and O–H groups in total. The fourth-order valence-electron chi connectivity index (χ4n) is 3.46. The molecule has 0 saturated carbocycles. The summed E-state index contributed by atoms with van der Waals surface area (Å²) in [5.41, 5.74) is 0.641. The minimum atomic E-state index is -3.68. The van der Waals surface area contributed by atoms with Gasteiger partial charge in [-0.15, -0.1) is 11.3 Å². The Labute approximate surface area is 227 Å². The number of aliphatic hydroxyl groups is 1. The molecule has 13 heteroatoms. The predicted molar refractivity (Wildman–Crippen MR) is 149 cm³/mol. The van der Waals surface area contributed by atoms with Crippen molar-refractivity contribution in [3.05, 3.63) is 41.3 Å². The summed E-state index contributed by atoms with van der Waals surface area (Å²) in [6.07, 6.45) is 0.915. The van der Waals surface area contributed by atoms with Gasteiger partial charge in [-0.3, -0.25) is 10.0 Å². The van der Waals surface area contributed by atoms with Crippen molar-refractivity contribution in [2.24, 2.45) is 0 Å². The van der Waals surface area contributed by atoms with Crippen LogP contribution in [0.25, 0.3) is 21.8 Å². The Morgan fingerprint density at radius 3 is 2.61 bits per heavy atom. The zero-order valence-corrected chi connectivity index (χ0v) is 24.0. The average Bonchev–Trinajstić information content (AvgIpc) is 3.30. The van der Waals surface area contributed by atoms with Gasteiger partial charge in [-0.2, -0.15) is 0 Å². The quantitative estimate of drug-likeness (QED) is 0.238. The van der Waals surface area contributed by atoms with E-state index in [1.807, 2.05) is 27.7 Å². The van der Waals surface area contributed by atoms with Gasteiger partial charge in [0, 0.05) is 36.9 Å². The highest BCUT2D eigenvalue weighted by molar-refractivity contribution is 7.92. The molecule has 0 radical (unpaired) electrons. The first-order chi connectivity index (χ1) is 17.8. The second-order valence-electron chi connectivity index (χ2n) is 9.84. The van der Waals surface area contributed by atoms with Crippen molar-refractivity contribution < 1.29 is 22.7 Å². The van der Waals surface area contributed by atoms with E-state index in [0.717, 1.165) is 5.01 Å². The van der Waals surface area contributed by atoms with Gasteiger partial charge in [0.1, 0.15) is 0 Å². The summed E-state index contributed by atoms with van der Waals surface area (Å²) in [6.45, 7) is 10.1. The third-order valence-corrected chi connectivity index (χ3v) is 8.35. The number of benzene rings is 1. The van der Waals surface area contributed by atoms with E-state index in [9.17, 15) is 13.5 Å². The highest BCUT2D eigenvalue weighted by atomic mass is 32.2. The molecule has 10 nitrogen and oxygen atoms in total. The van der Waals surface area contributed by atoms with E-state index in [1.54, 1.807) is 31.3 Å². The van der Waals surface area contributed by atoms with Crippen LogP contribution in [0, 0.1) is 5.82 Å². The lowest BCUT2D eigenvalue weighted by molar-refractivity contribution is -0.101. The summed E-state index contributed by atoms with van der Waals surface area (Å²) in [5.74, 6) is -0.466. The standard InChI is InChI=1S/C25H35FN6O4S2/c1-7-13-38(34,35)32-17-10-8-9-16(19(17)26)20-21(37-22(31-20)25(3,4)5)18-11-12-27-23(30-18)28-14-15(2)29-24(33)36-6/h8-12,15,24,29,32-33H,7,13-14H2,1-6H3,(H,27,28,30). The molecule has 2 unspecified atom stereocenters. The fraction of sp³-hybridized carbons (Fsp3) is 0.480. The van der Waals surface area contributed by atoms with Gasteiger partial charge >= 0.3 is 0 Å². The third kappa shape index (κ3) is 7.67. The average molecular weight is 567 g/mol. The highest BCUT2D eigenvalue weighted by Gasteiger charge is 2.26. The summed E-state index contributed by atoms with van der Waals surface area (Å²) in [7, 11) is -2.29. The first-order valence-corrected chi connectivity index (χ1v) is 14.7. The number of nitrogens with zero attached hydrogens (tertiary/aromatic N) is 3. The summed E-state index contributed by atoms with van der Waals surface area (Å²) in [5, 5.41) is 16.3. The Morgan fingerprint density at radius 1 is 1.21 bits per heavy atom. The molecule has 2 heterocycles. The molecule has 208 valence electrons. The Morgan fingerprint density at radius 2 is 1.95 bits per heavy atom. The number of sulfonamides is 1. The fourth-order valence-corrected chi connectivity index (χ4v) is 5.70. The Bertz CT molecular complexity index is 1340. The normalized spacial score (nSPS) is 13.8. The van der Waals surface area contributed by atoms with Crippen LogP contribution in [0.5, 0.6) is 0 Å². The van der Waals surface area contributed by atoms with Crippen LogP contribution < -0.4 is 15.4 Å². The molecular weight excluding hydrogens is 531 g/mol. The monoisotopic (exact) mass is 566 g/mol. The van der Waals surface area contributed by atoms with Crippen molar-refractivity contribution in [1.29, 1.82) is 0 Å². The number of hydrogen-bond donors (Lipinski definition) is 4. The molecule has 1 aromatic carbocycles. The van der Waals surface area contributed by atoms with E-state index in [4.69, 9.17) is 9.72 Å². The number of ether oxygens (including phenoxy) is 1. The van der Waals surface area contributed by atoms with Gasteiger partial charge in [-0.05, 0) is 31.5 Å². The smallest absolute Gasteiger partial charge is 0.232 e. The van der Waals surface area contributed by atoms with Crippen LogP contribution >= 0.6 is 11.3 Å². The lowest BCUT2D eigenvalue weighted by Crippen LogP contribution is -2.41. The maximum atomic E-state index is 15.7. The van der Waals surface area contributed by atoms with E-state index >= 15 is 4.39 Å².